The fourth-order valence-corrected chi connectivity index (χ4v) is 4.07. The number of carbonyl (C=O) groups is 2. The third-order valence-electron chi connectivity index (χ3n) is 4.84. The van der Waals surface area contributed by atoms with Gasteiger partial charge in [-0.25, -0.2) is 0 Å². The number of β-lactam (4-membered cyclic amide) rings is 1. The first-order valence-corrected chi connectivity index (χ1v) is 6.98. The van der Waals surface area contributed by atoms with Crippen molar-refractivity contribution in [3.63, 3.8) is 0 Å². The van der Waals surface area contributed by atoms with Gasteiger partial charge in [-0.15, -0.1) is 0 Å². The summed E-state index contributed by atoms with van der Waals surface area (Å²) in [5, 5.41) is 21.2. The number of hydrogen-bond acceptors (Lipinski definition) is 5. The molecule has 1 unspecified atom stereocenters. The Bertz CT molecular complexity index is 504. The van der Waals surface area contributed by atoms with Crippen LogP contribution in [0.1, 0.15) is 26.2 Å². The van der Waals surface area contributed by atoms with Crippen LogP contribution in [0.4, 0.5) is 0 Å². The molecule has 2 heterocycles. The van der Waals surface area contributed by atoms with Crippen molar-refractivity contribution in [3.8, 4) is 0 Å². The molecule has 0 bridgehead atoms. The maximum atomic E-state index is 12.1. The number of aliphatic hydroxyl groups excluding tert-OH is 1. The summed E-state index contributed by atoms with van der Waals surface area (Å²) in [7, 11) is 1.55. The smallest absolute Gasteiger partial charge is 0.543 e. The molecule has 1 aliphatic carbocycles. The van der Waals surface area contributed by atoms with Crippen LogP contribution in [-0.2, 0) is 14.3 Å². The van der Waals surface area contributed by atoms with Gasteiger partial charge in [0.15, 0.2) is 0 Å². The summed E-state index contributed by atoms with van der Waals surface area (Å²) >= 11 is 0. The van der Waals surface area contributed by atoms with Crippen molar-refractivity contribution in [2.24, 2.45) is 11.8 Å². The van der Waals surface area contributed by atoms with Crippen LogP contribution < -0.4 is 56.5 Å². The fraction of sp³-hybridized carbons (Fsp3) is 0.714. The summed E-state index contributed by atoms with van der Waals surface area (Å²) in [6, 6.07) is -0.247. The Morgan fingerprint density at radius 1 is 1.48 bits per heavy atom. The Balaban J connectivity index is 0.00000161. The molecule has 7 heteroatoms. The Labute approximate surface area is 165 Å². The summed E-state index contributed by atoms with van der Waals surface area (Å²) in [5.41, 5.74) is 0.661. The van der Waals surface area contributed by atoms with E-state index in [0.717, 1.165) is 19.3 Å². The summed E-state index contributed by atoms with van der Waals surface area (Å²) in [5.74, 6) is -2.18. The first kappa shape index (κ1) is 17.6. The predicted molar refractivity (Wildman–Crippen MR) is 66.0 cm³/mol. The molecule has 1 saturated heterocycles. The first-order valence-electron chi connectivity index (χ1n) is 6.98. The third-order valence-corrected chi connectivity index (χ3v) is 4.84. The van der Waals surface area contributed by atoms with Crippen molar-refractivity contribution >= 4 is 11.9 Å². The molecule has 21 heavy (non-hydrogen) atoms. The molecular formula is C14H18KNO5. The van der Waals surface area contributed by atoms with Gasteiger partial charge in [0.05, 0.1) is 35.8 Å². The van der Waals surface area contributed by atoms with E-state index in [2.05, 4.69) is 0 Å². The zero-order valence-electron chi connectivity index (χ0n) is 12.5. The van der Waals surface area contributed by atoms with E-state index in [1.165, 1.54) is 4.90 Å². The Morgan fingerprint density at radius 2 is 2.14 bits per heavy atom. The van der Waals surface area contributed by atoms with Crippen molar-refractivity contribution < 1.29 is 75.9 Å². The number of amides is 1. The molecule has 6 nitrogen and oxygen atoms in total. The molecule has 2 fully saturated rings. The fourth-order valence-electron chi connectivity index (χ4n) is 4.07. The number of aliphatic hydroxyl groups is 1. The number of nitrogens with zero attached hydrogens (tertiary/aromatic N) is 1. The maximum Gasteiger partial charge on any atom is 1.00 e. The van der Waals surface area contributed by atoms with Crippen LogP contribution in [0, 0.1) is 11.8 Å². The second-order valence-corrected chi connectivity index (χ2v) is 5.82. The molecule has 0 radical (unpaired) electrons. The number of carboxylic acid groups (broad SMARTS) is 1. The molecule has 0 aromatic carbocycles. The molecule has 5 atom stereocenters. The number of fused-ring (bicyclic) bond motifs is 3. The Hall–Kier alpha value is 0.236. The summed E-state index contributed by atoms with van der Waals surface area (Å²) < 4.78 is 5.39. The minimum atomic E-state index is -1.33. The number of methoxy groups -OCH3 is 1. The number of ether oxygens (including phenoxy) is 1. The number of aliphatic carboxylic acids is 1. The first-order chi connectivity index (χ1) is 9.49. The van der Waals surface area contributed by atoms with E-state index in [0.29, 0.717) is 5.57 Å². The molecule has 0 aromatic heterocycles. The third kappa shape index (κ3) is 2.47. The molecule has 1 amide bonds. The van der Waals surface area contributed by atoms with E-state index in [-0.39, 0.29) is 81.1 Å². The molecule has 1 saturated carbocycles. The topological polar surface area (TPSA) is 89.9 Å². The van der Waals surface area contributed by atoms with Crippen LogP contribution in [0.5, 0.6) is 0 Å². The van der Waals surface area contributed by atoms with Gasteiger partial charge in [-0.2, -0.15) is 0 Å². The SMILES string of the molecule is CO[C@H]1CCC[C@H]2C1=C(C(=O)[O-])N1C(=O)[C@H](C(C)O)[C@@H]21.[K+]. The molecule has 1 N–H and O–H groups in total. The van der Waals surface area contributed by atoms with Crippen LogP contribution in [0.15, 0.2) is 11.3 Å². The van der Waals surface area contributed by atoms with Crippen molar-refractivity contribution in [2.45, 2.75) is 44.4 Å². The molecular weight excluding hydrogens is 301 g/mol. The summed E-state index contributed by atoms with van der Waals surface area (Å²) in [6.07, 6.45) is 1.47. The van der Waals surface area contributed by atoms with Crippen LogP contribution >= 0.6 is 0 Å². The zero-order chi connectivity index (χ0) is 14.6. The number of carbonyl (C=O) groups excluding carboxylic acids is 2. The molecule has 3 rings (SSSR count). The van der Waals surface area contributed by atoms with Gasteiger partial charge in [-0.05, 0) is 31.8 Å². The normalized spacial score (nSPS) is 35.6. The van der Waals surface area contributed by atoms with Gasteiger partial charge in [-0.1, -0.05) is 0 Å². The van der Waals surface area contributed by atoms with E-state index in [1.54, 1.807) is 14.0 Å². The van der Waals surface area contributed by atoms with Crippen molar-refractivity contribution in [3.05, 3.63) is 11.3 Å². The Morgan fingerprint density at radius 3 is 2.67 bits per heavy atom. The van der Waals surface area contributed by atoms with Crippen LogP contribution in [0.3, 0.4) is 0 Å². The molecule has 0 spiro atoms. The van der Waals surface area contributed by atoms with Gasteiger partial charge in [0.1, 0.15) is 0 Å². The molecule has 3 aliphatic rings. The number of rotatable bonds is 3. The van der Waals surface area contributed by atoms with Crippen molar-refractivity contribution in [2.75, 3.05) is 7.11 Å². The quantitative estimate of drug-likeness (QED) is 0.423. The molecule has 0 aromatic rings. The second-order valence-electron chi connectivity index (χ2n) is 5.82. The van der Waals surface area contributed by atoms with Gasteiger partial charge in [0.2, 0.25) is 5.91 Å². The van der Waals surface area contributed by atoms with Crippen molar-refractivity contribution in [1.29, 1.82) is 0 Å². The van der Waals surface area contributed by atoms with Gasteiger partial charge >= 0.3 is 51.4 Å². The Kier molecular flexibility index (Phi) is 5.35. The van der Waals surface area contributed by atoms with Gasteiger partial charge in [0, 0.05) is 13.0 Å². The predicted octanol–water partition coefficient (Wildman–Crippen LogP) is -3.97. The van der Waals surface area contributed by atoms with Crippen LogP contribution in [-0.4, -0.2) is 47.2 Å². The summed E-state index contributed by atoms with van der Waals surface area (Å²) in [6.45, 7) is 1.58. The largest absolute Gasteiger partial charge is 1.00 e. The van der Waals surface area contributed by atoms with E-state index in [9.17, 15) is 19.8 Å². The van der Waals surface area contributed by atoms with Crippen LogP contribution in [0.2, 0.25) is 0 Å². The van der Waals surface area contributed by atoms with Crippen LogP contribution in [0.25, 0.3) is 0 Å². The second kappa shape index (κ2) is 6.39. The molecule has 110 valence electrons. The summed E-state index contributed by atoms with van der Waals surface area (Å²) in [4.78, 5) is 24.9. The van der Waals surface area contributed by atoms with E-state index >= 15 is 0 Å². The zero-order valence-corrected chi connectivity index (χ0v) is 15.7. The average Bonchev–Trinajstić information content (AvgIpc) is 2.69. The average molecular weight is 319 g/mol. The van der Waals surface area contributed by atoms with E-state index in [1.807, 2.05) is 0 Å². The van der Waals surface area contributed by atoms with E-state index < -0.39 is 18.0 Å². The van der Waals surface area contributed by atoms with Gasteiger partial charge < -0.3 is 24.6 Å². The van der Waals surface area contributed by atoms with Gasteiger partial charge in [-0.3, -0.25) is 4.79 Å². The van der Waals surface area contributed by atoms with E-state index in [4.69, 9.17) is 4.74 Å². The number of hydrogen-bond donors (Lipinski definition) is 1. The minimum absolute atomic E-state index is 0. The van der Waals surface area contributed by atoms with Gasteiger partial charge in [0.25, 0.3) is 0 Å². The number of carboxylic acids is 1. The minimum Gasteiger partial charge on any atom is -0.543 e. The van der Waals surface area contributed by atoms with Crippen molar-refractivity contribution in [1.82, 2.24) is 4.90 Å². The monoisotopic (exact) mass is 319 g/mol. The molecule has 2 aliphatic heterocycles. The standard InChI is InChI=1S/C14H19NO5.K/c1-6(16)9-11-7-4-3-5-8(20-2)10(7)12(14(18)19)15(11)13(9)17;/h6-9,11,16H,3-5H2,1-2H3,(H,18,19);/q;+1/p-1/t6?,7-,8-,9+,11+;/m0./s1. The maximum absolute atomic E-state index is 12.1.